The van der Waals surface area contributed by atoms with E-state index in [1.165, 1.54) is 16.9 Å². The summed E-state index contributed by atoms with van der Waals surface area (Å²) in [7, 11) is 0. The molecule has 116 valence electrons. The monoisotopic (exact) mass is 333 g/mol. The van der Waals surface area contributed by atoms with Crippen LogP contribution in [0.3, 0.4) is 0 Å². The fourth-order valence-corrected chi connectivity index (χ4v) is 4.14. The van der Waals surface area contributed by atoms with Gasteiger partial charge < -0.3 is 10.6 Å². The summed E-state index contributed by atoms with van der Waals surface area (Å²) in [6, 6.07) is 8.42. The molecule has 1 saturated heterocycles. The summed E-state index contributed by atoms with van der Waals surface area (Å²) in [5.41, 5.74) is 3.23. The van der Waals surface area contributed by atoms with Crippen molar-refractivity contribution in [2.75, 3.05) is 23.4 Å². The molecule has 22 heavy (non-hydrogen) atoms. The first kappa shape index (κ1) is 15.5. The zero-order chi connectivity index (χ0) is 15.4. The van der Waals surface area contributed by atoms with E-state index in [0.717, 1.165) is 29.3 Å². The van der Waals surface area contributed by atoms with Gasteiger partial charge in [-0.25, -0.2) is 4.98 Å². The Balaban J connectivity index is 1.62. The van der Waals surface area contributed by atoms with E-state index in [4.69, 9.17) is 0 Å². The molecule has 1 aromatic heterocycles. The second-order valence-electron chi connectivity index (χ2n) is 5.33. The highest BCUT2D eigenvalue weighted by atomic mass is 32.2. The molecule has 1 aliphatic rings. The van der Waals surface area contributed by atoms with E-state index in [2.05, 4.69) is 34.7 Å². The van der Waals surface area contributed by atoms with E-state index in [-0.39, 0.29) is 11.9 Å². The fraction of sp³-hybridized carbons (Fsp3) is 0.375. The van der Waals surface area contributed by atoms with E-state index >= 15 is 0 Å². The van der Waals surface area contributed by atoms with Gasteiger partial charge in [-0.1, -0.05) is 24.3 Å². The Hall–Kier alpha value is -1.37. The van der Waals surface area contributed by atoms with Crippen LogP contribution in [0.25, 0.3) is 11.3 Å². The number of aromatic nitrogens is 1. The lowest BCUT2D eigenvalue weighted by Gasteiger charge is -2.22. The van der Waals surface area contributed by atoms with Crippen molar-refractivity contribution in [2.45, 2.75) is 19.4 Å². The van der Waals surface area contributed by atoms with Crippen LogP contribution >= 0.6 is 23.1 Å². The largest absolute Gasteiger partial charge is 0.312 e. The van der Waals surface area contributed by atoms with Gasteiger partial charge in [0.25, 0.3) is 0 Å². The second kappa shape index (κ2) is 7.26. The van der Waals surface area contributed by atoms with Gasteiger partial charge in [-0.05, 0) is 12.5 Å². The van der Waals surface area contributed by atoms with Gasteiger partial charge in [0.1, 0.15) is 0 Å². The molecule has 1 amide bonds. The summed E-state index contributed by atoms with van der Waals surface area (Å²) in [5, 5.41) is 8.96. The fourth-order valence-electron chi connectivity index (χ4n) is 2.46. The van der Waals surface area contributed by atoms with Gasteiger partial charge >= 0.3 is 0 Å². The lowest BCUT2D eigenvalue weighted by atomic mass is 10.1. The normalized spacial score (nSPS) is 18.1. The highest BCUT2D eigenvalue weighted by Gasteiger charge is 2.17. The Labute approximate surface area is 138 Å². The van der Waals surface area contributed by atoms with Crippen LogP contribution in [-0.4, -0.2) is 35.0 Å². The number of anilines is 1. The first-order chi connectivity index (χ1) is 10.7. The maximum absolute atomic E-state index is 12.1. The number of carbonyl (C=O) groups excluding carboxylic acids is 1. The molecular formula is C16H19N3OS2. The third-order valence-corrected chi connectivity index (χ3v) is 5.49. The lowest BCUT2D eigenvalue weighted by Crippen LogP contribution is -2.39. The highest BCUT2D eigenvalue weighted by Crippen LogP contribution is 2.27. The molecule has 1 fully saturated rings. The molecule has 0 aliphatic carbocycles. The number of rotatable bonds is 4. The zero-order valence-corrected chi connectivity index (χ0v) is 14.1. The molecular weight excluding hydrogens is 314 g/mol. The van der Waals surface area contributed by atoms with Crippen LogP contribution in [0.2, 0.25) is 0 Å². The van der Waals surface area contributed by atoms with Crippen LogP contribution in [0.4, 0.5) is 5.13 Å². The van der Waals surface area contributed by atoms with Gasteiger partial charge in [-0.2, -0.15) is 11.8 Å². The number of benzene rings is 1. The summed E-state index contributed by atoms with van der Waals surface area (Å²) in [6.07, 6.45) is 0.506. The van der Waals surface area contributed by atoms with E-state index in [9.17, 15) is 4.79 Å². The Morgan fingerprint density at radius 2 is 2.32 bits per heavy atom. The Morgan fingerprint density at radius 3 is 3.09 bits per heavy atom. The molecule has 1 atom stereocenters. The minimum Gasteiger partial charge on any atom is -0.312 e. The summed E-state index contributed by atoms with van der Waals surface area (Å²) in [5.74, 6) is 2.16. The molecule has 3 rings (SSSR count). The van der Waals surface area contributed by atoms with Gasteiger partial charge in [0.15, 0.2) is 5.13 Å². The van der Waals surface area contributed by atoms with Crippen LogP contribution in [0.1, 0.15) is 12.0 Å². The minimum absolute atomic E-state index is 0.0330. The van der Waals surface area contributed by atoms with Crippen molar-refractivity contribution < 1.29 is 4.79 Å². The number of hydrogen-bond acceptors (Lipinski definition) is 5. The molecule has 1 aromatic carbocycles. The quantitative estimate of drug-likeness (QED) is 0.902. The Kier molecular flexibility index (Phi) is 5.12. The summed E-state index contributed by atoms with van der Waals surface area (Å²) in [4.78, 5) is 16.6. The number of aryl methyl sites for hydroxylation is 1. The van der Waals surface area contributed by atoms with Gasteiger partial charge in [-0.3, -0.25) is 4.79 Å². The number of carbonyl (C=O) groups is 1. The maximum Gasteiger partial charge on any atom is 0.227 e. The summed E-state index contributed by atoms with van der Waals surface area (Å²) in [6.45, 7) is 3.05. The van der Waals surface area contributed by atoms with E-state index < -0.39 is 0 Å². The zero-order valence-electron chi connectivity index (χ0n) is 12.5. The summed E-state index contributed by atoms with van der Waals surface area (Å²) < 4.78 is 0. The molecule has 1 aliphatic heterocycles. The average molecular weight is 333 g/mol. The molecule has 0 saturated carbocycles. The van der Waals surface area contributed by atoms with Crippen LogP contribution in [0.15, 0.2) is 29.6 Å². The molecule has 4 nitrogen and oxygen atoms in total. The number of thiazole rings is 1. The topological polar surface area (TPSA) is 54.0 Å². The SMILES string of the molecule is Cc1ccccc1-c1csc(NC(=O)CC2CSCCN2)n1. The molecule has 0 spiro atoms. The molecule has 0 bridgehead atoms. The van der Waals surface area contributed by atoms with Gasteiger partial charge in [0.2, 0.25) is 5.91 Å². The van der Waals surface area contributed by atoms with Crippen molar-refractivity contribution in [3.8, 4) is 11.3 Å². The number of nitrogens with zero attached hydrogens (tertiary/aromatic N) is 1. The molecule has 2 heterocycles. The first-order valence-corrected chi connectivity index (χ1v) is 9.38. The molecule has 1 unspecified atom stereocenters. The van der Waals surface area contributed by atoms with Crippen molar-refractivity contribution in [1.82, 2.24) is 10.3 Å². The third-order valence-electron chi connectivity index (χ3n) is 3.60. The molecule has 0 radical (unpaired) electrons. The highest BCUT2D eigenvalue weighted by molar-refractivity contribution is 7.99. The molecule has 2 aromatic rings. The van der Waals surface area contributed by atoms with Gasteiger partial charge in [0, 0.05) is 41.5 Å². The average Bonchev–Trinajstić information content (AvgIpc) is 2.97. The van der Waals surface area contributed by atoms with Crippen LogP contribution in [0, 0.1) is 6.92 Å². The van der Waals surface area contributed by atoms with Crippen molar-refractivity contribution in [3.63, 3.8) is 0 Å². The number of hydrogen-bond donors (Lipinski definition) is 2. The number of amides is 1. The Bertz CT molecular complexity index is 650. The van der Waals surface area contributed by atoms with Crippen LogP contribution in [-0.2, 0) is 4.79 Å². The van der Waals surface area contributed by atoms with Crippen LogP contribution in [0.5, 0.6) is 0 Å². The predicted molar refractivity (Wildman–Crippen MR) is 94.6 cm³/mol. The standard InChI is InChI=1S/C16H19N3OS2/c1-11-4-2-3-5-13(11)14-10-22-16(18-14)19-15(20)8-12-9-21-7-6-17-12/h2-5,10,12,17H,6-9H2,1H3,(H,18,19,20). The summed E-state index contributed by atoms with van der Waals surface area (Å²) >= 11 is 3.37. The van der Waals surface area contributed by atoms with Crippen LogP contribution < -0.4 is 10.6 Å². The third kappa shape index (κ3) is 3.88. The van der Waals surface area contributed by atoms with E-state index in [1.54, 1.807) is 0 Å². The predicted octanol–water partition coefficient (Wildman–Crippen LogP) is 3.15. The van der Waals surface area contributed by atoms with Gasteiger partial charge in [-0.15, -0.1) is 11.3 Å². The van der Waals surface area contributed by atoms with E-state index in [0.29, 0.717) is 11.6 Å². The maximum atomic E-state index is 12.1. The minimum atomic E-state index is 0.0330. The van der Waals surface area contributed by atoms with Crippen molar-refractivity contribution in [1.29, 1.82) is 0 Å². The van der Waals surface area contributed by atoms with Crippen molar-refractivity contribution >= 4 is 34.1 Å². The van der Waals surface area contributed by atoms with E-state index in [1.807, 2.05) is 29.3 Å². The number of thioether (sulfide) groups is 1. The van der Waals surface area contributed by atoms with Crippen molar-refractivity contribution in [3.05, 3.63) is 35.2 Å². The van der Waals surface area contributed by atoms with Crippen molar-refractivity contribution in [2.24, 2.45) is 0 Å². The number of nitrogens with one attached hydrogen (secondary N) is 2. The Morgan fingerprint density at radius 1 is 1.45 bits per heavy atom. The molecule has 2 N–H and O–H groups in total. The smallest absolute Gasteiger partial charge is 0.227 e. The lowest BCUT2D eigenvalue weighted by molar-refractivity contribution is -0.116. The molecule has 6 heteroatoms. The second-order valence-corrected chi connectivity index (χ2v) is 7.34. The van der Waals surface area contributed by atoms with Gasteiger partial charge in [0.05, 0.1) is 5.69 Å². The first-order valence-electron chi connectivity index (χ1n) is 7.35.